The van der Waals surface area contributed by atoms with Crippen molar-refractivity contribution in [3.8, 4) is 0 Å². The average Bonchev–Trinajstić information content (AvgIpc) is 2.74. The van der Waals surface area contributed by atoms with Gasteiger partial charge in [-0.2, -0.15) is 5.10 Å². The first-order valence-electron chi connectivity index (χ1n) is 8.94. The molecule has 9 heteroatoms. The maximum Gasteiger partial charge on any atom is 0.264 e. The number of anilines is 1. The maximum atomic E-state index is 13.3. The first-order valence-corrected chi connectivity index (χ1v) is 10.8. The van der Waals surface area contributed by atoms with Crippen LogP contribution in [0.25, 0.3) is 0 Å². The van der Waals surface area contributed by atoms with E-state index in [2.05, 4.69) is 15.5 Å². The summed E-state index contributed by atoms with van der Waals surface area (Å²) in [4.78, 5) is 16.5. The summed E-state index contributed by atoms with van der Waals surface area (Å²) in [5.74, 6) is -0.589. The van der Waals surface area contributed by atoms with E-state index in [0.717, 1.165) is 9.87 Å². The van der Waals surface area contributed by atoms with Crippen LogP contribution >= 0.6 is 11.6 Å². The molecule has 3 rings (SSSR count). The van der Waals surface area contributed by atoms with Crippen molar-refractivity contribution in [2.24, 2.45) is 5.10 Å². The largest absolute Gasteiger partial charge is 0.271 e. The van der Waals surface area contributed by atoms with Crippen LogP contribution in [0.4, 0.5) is 5.69 Å². The molecule has 0 unspecified atom stereocenters. The first kappa shape index (κ1) is 21.5. The molecule has 0 aliphatic heterocycles. The Bertz CT molecular complexity index is 1150. The number of hydrogen-bond donors (Lipinski definition) is 1. The second-order valence-corrected chi connectivity index (χ2v) is 8.63. The summed E-state index contributed by atoms with van der Waals surface area (Å²) in [6.07, 6.45) is 4.64. The normalized spacial score (nSPS) is 11.4. The Morgan fingerprint density at radius 2 is 1.83 bits per heavy atom. The number of carbonyl (C=O) groups excluding carboxylic acids is 1. The Balaban J connectivity index is 1.88. The van der Waals surface area contributed by atoms with Gasteiger partial charge in [-0.05, 0) is 60.5 Å². The van der Waals surface area contributed by atoms with Crippen molar-refractivity contribution in [1.82, 2.24) is 10.4 Å². The van der Waals surface area contributed by atoms with Crippen LogP contribution < -0.4 is 9.73 Å². The van der Waals surface area contributed by atoms with Gasteiger partial charge in [0, 0.05) is 17.4 Å². The van der Waals surface area contributed by atoms with Crippen LogP contribution in [0.2, 0.25) is 5.02 Å². The third-order valence-corrected chi connectivity index (χ3v) is 6.16. The van der Waals surface area contributed by atoms with Crippen LogP contribution in [0.15, 0.2) is 83.1 Å². The zero-order chi connectivity index (χ0) is 21.6. The molecule has 30 heavy (non-hydrogen) atoms. The molecule has 0 bridgehead atoms. The lowest BCUT2D eigenvalue weighted by Crippen LogP contribution is -2.40. The number of hydrogen-bond acceptors (Lipinski definition) is 5. The first-order chi connectivity index (χ1) is 14.4. The molecule has 0 radical (unpaired) electrons. The maximum absolute atomic E-state index is 13.3. The molecular weight excluding hydrogens is 424 g/mol. The van der Waals surface area contributed by atoms with E-state index in [1.165, 1.54) is 18.3 Å². The highest BCUT2D eigenvalue weighted by Gasteiger charge is 2.28. The Kier molecular flexibility index (Phi) is 6.81. The van der Waals surface area contributed by atoms with E-state index in [4.69, 9.17) is 11.6 Å². The smallest absolute Gasteiger partial charge is 0.264 e. The second-order valence-electron chi connectivity index (χ2n) is 6.33. The molecule has 0 saturated heterocycles. The predicted molar refractivity (Wildman–Crippen MR) is 117 cm³/mol. The van der Waals surface area contributed by atoms with E-state index in [-0.39, 0.29) is 4.90 Å². The van der Waals surface area contributed by atoms with Crippen molar-refractivity contribution in [3.63, 3.8) is 0 Å². The molecule has 0 aliphatic rings. The summed E-state index contributed by atoms with van der Waals surface area (Å²) in [5, 5.41) is 4.36. The lowest BCUT2D eigenvalue weighted by atomic mass is 10.2. The van der Waals surface area contributed by atoms with Crippen LogP contribution in [0.5, 0.6) is 0 Å². The van der Waals surface area contributed by atoms with Gasteiger partial charge in [0.05, 0.1) is 16.8 Å². The molecule has 2 aromatic carbocycles. The number of halogens is 1. The van der Waals surface area contributed by atoms with Gasteiger partial charge in [-0.1, -0.05) is 29.8 Å². The average molecular weight is 443 g/mol. The molecule has 7 nitrogen and oxygen atoms in total. The topological polar surface area (TPSA) is 91.7 Å². The number of amides is 1. The summed E-state index contributed by atoms with van der Waals surface area (Å²) in [7, 11) is -3.99. The highest BCUT2D eigenvalue weighted by molar-refractivity contribution is 7.92. The van der Waals surface area contributed by atoms with E-state index in [1.807, 2.05) is 0 Å². The van der Waals surface area contributed by atoms with Crippen LogP contribution in [0, 0.1) is 6.92 Å². The number of rotatable bonds is 7. The minimum atomic E-state index is -3.99. The summed E-state index contributed by atoms with van der Waals surface area (Å²) in [6, 6.07) is 16.2. The number of hydrazone groups is 1. The number of nitrogens with zero attached hydrogens (tertiary/aromatic N) is 3. The Morgan fingerprint density at radius 1 is 1.13 bits per heavy atom. The minimum Gasteiger partial charge on any atom is -0.271 e. The van der Waals surface area contributed by atoms with E-state index in [1.54, 1.807) is 67.8 Å². The SMILES string of the molecule is Cc1cc(Cl)ccc1N(CC(=O)N/N=C\c1ccncc1)S(=O)(=O)c1ccccc1. The number of sulfonamides is 1. The third-order valence-electron chi connectivity index (χ3n) is 4.15. The molecule has 0 aliphatic carbocycles. The molecule has 154 valence electrons. The molecule has 0 spiro atoms. The highest BCUT2D eigenvalue weighted by Crippen LogP contribution is 2.28. The predicted octanol–water partition coefficient (Wildman–Crippen LogP) is 3.39. The van der Waals surface area contributed by atoms with Gasteiger partial charge in [0.25, 0.3) is 15.9 Å². The number of pyridine rings is 1. The zero-order valence-electron chi connectivity index (χ0n) is 16.1. The van der Waals surface area contributed by atoms with Crippen molar-refractivity contribution < 1.29 is 13.2 Å². The third kappa shape index (κ3) is 5.22. The number of benzene rings is 2. The van der Waals surface area contributed by atoms with Crippen molar-refractivity contribution in [2.75, 3.05) is 10.8 Å². The summed E-state index contributed by atoms with van der Waals surface area (Å²) in [5.41, 5.74) is 4.09. The van der Waals surface area contributed by atoms with Gasteiger partial charge in [0.2, 0.25) is 0 Å². The fourth-order valence-electron chi connectivity index (χ4n) is 2.71. The number of carbonyl (C=O) groups is 1. The summed E-state index contributed by atoms with van der Waals surface area (Å²) in [6.45, 7) is 1.28. The van der Waals surface area contributed by atoms with Crippen LogP contribution in [-0.4, -0.2) is 32.1 Å². The van der Waals surface area contributed by atoms with Gasteiger partial charge in [-0.25, -0.2) is 13.8 Å². The van der Waals surface area contributed by atoms with Crippen LogP contribution in [-0.2, 0) is 14.8 Å². The van der Waals surface area contributed by atoms with Gasteiger partial charge in [-0.3, -0.25) is 14.1 Å². The fraction of sp³-hybridized carbons (Fsp3) is 0.0952. The van der Waals surface area contributed by atoms with E-state index < -0.39 is 22.5 Å². The van der Waals surface area contributed by atoms with Crippen LogP contribution in [0.3, 0.4) is 0 Å². The van der Waals surface area contributed by atoms with Gasteiger partial charge in [-0.15, -0.1) is 0 Å². The van der Waals surface area contributed by atoms with E-state index >= 15 is 0 Å². The fourth-order valence-corrected chi connectivity index (χ4v) is 4.45. The Labute approximate surface area is 180 Å². The van der Waals surface area contributed by atoms with Crippen molar-refractivity contribution >= 4 is 39.4 Å². The summed E-state index contributed by atoms with van der Waals surface area (Å²) >= 11 is 6.01. The lowest BCUT2D eigenvalue weighted by molar-refractivity contribution is -0.119. The molecule has 3 aromatic rings. The molecule has 1 aromatic heterocycles. The van der Waals surface area contributed by atoms with Crippen molar-refractivity contribution in [1.29, 1.82) is 0 Å². The molecule has 1 heterocycles. The summed E-state index contributed by atoms with van der Waals surface area (Å²) < 4.78 is 27.6. The highest BCUT2D eigenvalue weighted by atomic mass is 35.5. The van der Waals surface area contributed by atoms with Gasteiger partial charge < -0.3 is 0 Å². The number of aryl methyl sites for hydroxylation is 1. The molecule has 0 fully saturated rings. The molecule has 1 amide bonds. The van der Waals surface area contributed by atoms with E-state index in [0.29, 0.717) is 16.3 Å². The van der Waals surface area contributed by atoms with E-state index in [9.17, 15) is 13.2 Å². The number of aromatic nitrogens is 1. The van der Waals surface area contributed by atoms with Gasteiger partial charge in [0.1, 0.15) is 6.54 Å². The van der Waals surface area contributed by atoms with Crippen molar-refractivity contribution in [3.05, 3.63) is 89.2 Å². The van der Waals surface area contributed by atoms with Crippen LogP contribution in [0.1, 0.15) is 11.1 Å². The van der Waals surface area contributed by atoms with Gasteiger partial charge in [0.15, 0.2) is 0 Å². The second kappa shape index (κ2) is 9.51. The monoisotopic (exact) mass is 442 g/mol. The standard InChI is InChI=1S/C21H19ClN4O3S/c1-16-13-18(22)7-8-20(16)26(30(28,29)19-5-3-2-4-6-19)15-21(27)25-24-14-17-9-11-23-12-10-17/h2-14H,15H2,1H3,(H,25,27)/b24-14-. The number of nitrogens with one attached hydrogen (secondary N) is 1. The Morgan fingerprint density at radius 3 is 2.50 bits per heavy atom. The van der Waals surface area contributed by atoms with Crippen molar-refractivity contribution in [2.45, 2.75) is 11.8 Å². The quantitative estimate of drug-likeness (QED) is 0.448. The molecule has 0 saturated carbocycles. The Hall–Kier alpha value is -3.23. The zero-order valence-corrected chi connectivity index (χ0v) is 17.6. The lowest BCUT2D eigenvalue weighted by Gasteiger charge is -2.25. The molecular formula is C21H19ClN4O3S. The molecule has 1 N–H and O–H groups in total. The minimum absolute atomic E-state index is 0.0763. The van der Waals surface area contributed by atoms with Gasteiger partial charge >= 0.3 is 0 Å². The molecule has 0 atom stereocenters.